The number of nitriles is 2. The Hall–Kier alpha value is -3.63. The van der Waals surface area contributed by atoms with Crippen LogP contribution >= 0.6 is 0 Å². The molecule has 5 rings (SSSR count). The molecule has 0 radical (unpaired) electrons. The minimum absolute atomic E-state index is 0.0234. The monoisotopic (exact) mass is 534 g/mol. The highest BCUT2D eigenvalue weighted by Crippen LogP contribution is 2.46. The van der Waals surface area contributed by atoms with E-state index in [0.717, 1.165) is 37.8 Å². The normalized spacial score (nSPS) is 28.4. The number of alkyl carbamates (subject to hydrolysis) is 1. The fourth-order valence-electron chi connectivity index (χ4n) is 6.06. The molecule has 10 heteroatoms. The molecule has 39 heavy (non-hydrogen) atoms. The van der Waals surface area contributed by atoms with Crippen LogP contribution in [0, 0.1) is 28.6 Å². The third-order valence-corrected chi connectivity index (χ3v) is 7.95. The van der Waals surface area contributed by atoms with Crippen LogP contribution in [-0.4, -0.2) is 82.0 Å². The minimum atomic E-state index is -0.533. The van der Waals surface area contributed by atoms with E-state index in [4.69, 9.17) is 15.3 Å². The number of likely N-dealkylation sites (tertiary alicyclic amines) is 3. The van der Waals surface area contributed by atoms with Crippen molar-refractivity contribution in [3.8, 4) is 12.1 Å². The predicted octanol–water partition coefficient (Wildman–Crippen LogP) is 2.95. The fraction of sp³-hybridized carbons (Fsp3) is 0.621. The number of nitrogens with one attached hydrogen (secondary N) is 1. The zero-order valence-electron chi connectivity index (χ0n) is 23.3. The standard InChI is InChI=1S/C22H30N4O3.C7H8N2O/c1-14(24-21(28)29-22(3,4)5)12-25-13-18-10-19(25)20(27)26(18)15(2)17-8-6-16(11-23)7-9-17;8-3-6-1-5-2-7(5)9(6)4-10/h6-9,14-15,18-19H,10,12-13H2,1-5H3,(H,24,28);4-7H,1-2H2/t14?,15?,18-,19?;/m0./s1. The van der Waals surface area contributed by atoms with Gasteiger partial charge in [0, 0.05) is 31.2 Å². The lowest BCUT2D eigenvalue weighted by molar-refractivity contribution is -0.139. The van der Waals surface area contributed by atoms with Crippen molar-refractivity contribution in [3.05, 3.63) is 35.4 Å². The largest absolute Gasteiger partial charge is 0.444 e. The Balaban J connectivity index is 0.000000292. The van der Waals surface area contributed by atoms with Gasteiger partial charge in [-0.25, -0.2) is 4.79 Å². The molecule has 4 aliphatic rings. The molecule has 1 aromatic rings. The van der Waals surface area contributed by atoms with Gasteiger partial charge in [-0.3, -0.25) is 14.5 Å². The molecular weight excluding hydrogens is 496 g/mol. The molecule has 6 unspecified atom stereocenters. The molecule has 0 spiro atoms. The molecule has 7 atom stereocenters. The van der Waals surface area contributed by atoms with Crippen molar-refractivity contribution >= 4 is 18.4 Å². The van der Waals surface area contributed by atoms with Crippen LogP contribution in [0.5, 0.6) is 0 Å². The Bertz CT molecular complexity index is 1170. The van der Waals surface area contributed by atoms with Crippen LogP contribution in [0.2, 0.25) is 0 Å². The van der Waals surface area contributed by atoms with Crippen molar-refractivity contribution in [2.24, 2.45) is 5.92 Å². The summed E-state index contributed by atoms with van der Waals surface area (Å²) in [5.74, 6) is 0.789. The fourth-order valence-corrected chi connectivity index (χ4v) is 6.06. The minimum Gasteiger partial charge on any atom is -0.444 e. The maximum Gasteiger partial charge on any atom is 0.407 e. The summed E-state index contributed by atoms with van der Waals surface area (Å²) in [5, 5.41) is 20.4. The Morgan fingerprint density at radius 2 is 1.87 bits per heavy atom. The first-order valence-corrected chi connectivity index (χ1v) is 13.6. The van der Waals surface area contributed by atoms with E-state index >= 15 is 0 Å². The number of rotatable bonds is 6. The lowest BCUT2D eigenvalue weighted by Gasteiger charge is -2.38. The number of nitrogens with zero attached hydrogens (tertiary/aromatic N) is 5. The third kappa shape index (κ3) is 6.34. The lowest BCUT2D eigenvalue weighted by atomic mass is 10.0. The highest BCUT2D eigenvalue weighted by molar-refractivity contribution is 5.86. The molecule has 10 nitrogen and oxygen atoms in total. The van der Waals surface area contributed by atoms with Crippen LogP contribution in [-0.2, 0) is 14.3 Å². The van der Waals surface area contributed by atoms with Crippen LogP contribution in [0.4, 0.5) is 4.79 Å². The smallest absolute Gasteiger partial charge is 0.407 e. The molecule has 1 aliphatic carbocycles. The highest BCUT2D eigenvalue weighted by Gasteiger charge is 2.52. The molecule has 2 bridgehead atoms. The van der Waals surface area contributed by atoms with Crippen molar-refractivity contribution in [1.82, 2.24) is 20.0 Å². The number of piperidine rings is 1. The SMILES string of the molecule is CC(CN1C[C@@H]2CC1C(=O)N2C(C)c1ccc(C#N)cc1)NC(=O)OC(C)(C)C.N#CC1CC2CC2N1C=O. The summed E-state index contributed by atoms with van der Waals surface area (Å²) in [6, 6.07) is 11.9. The Morgan fingerprint density at radius 3 is 2.41 bits per heavy atom. The third-order valence-electron chi connectivity index (χ3n) is 7.95. The summed E-state index contributed by atoms with van der Waals surface area (Å²) in [6.45, 7) is 10.9. The molecule has 3 heterocycles. The average molecular weight is 535 g/mol. The van der Waals surface area contributed by atoms with Gasteiger partial charge in [-0.1, -0.05) is 12.1 Å². The molecule has 0 aromatic heterocycles. The summed E-state index contributed by atoms with van der Waals surface area (Å²) in [7, 11) is 0. The van der Waals surface area contributed by atoms with Gasteiger partial charge in [0.2, 0.25) is 12.3 Å². The number of hydrogen-bond donors (Lipinski definition) is 1. The van der Waals surface area contributed by atoms with Gasteiger partial charge in [0.25, 0.3) is 0 Å². The van der Waals surface area contributed by atoms with Crippen molar-refractivity contribution in [2.75, 3.05) is 13.1 Å². The number of hydrogen-bond acceptors (Lipinski definition) is 7. The summed E-state index contributed by atoms with van der Waals surface area (Å²) in [6.07, 6.45) is 3.22. The molecule has 1 N–H and O–H groups in total. The zero-order chi connectivity index (χ0) is 28.5. The second kappa shape index (κ2) is 11.2. The van der Waals surface area contributed by atoms with Gasteiger partial charge in [-0.15, -0.1) is 0 Å². The second-order valence-electron chi connectivity index (χ2n) is 12.1. The number of ether oxygens (including phenoxy) is 1. The predicted molar refractivity (Wildman–Crippen MR) is 143 cm³/mol. The van der Waals surface area contributed by atoms with E-state index < -0.39 is 11.7 Å². The van der Waals surface area contributed by atoms with Crippen molar-refractivity contribution in [2.45, 2.75) is 95.7 Å². The van der Waals surface area contributed by atoms with Crippen molar-refractivity contribution in [3.63, 3.8) is 0 Å². The first-order chi connectivity index (χ1) is 18.4. The van der Waals surface area contributed by atoms with Gasteiger partial charge in [0.15, 0.2) is 0 Å². The number of fused-ring (bicyclic) bond motifs is 3. The van der Waals surface area contributed by atoms with Crippen LogP contribution in [0.1, 0.15) is 71.0 Å². The van der Waals surface area contributed by atoms with Crippen molar-refractivity contribution in [1.29, 1.82) is 10.5 Å². The van der Waals surface area contributed by atoms with E-state index in [-0.39, 0.29) is 36.1 Å². The van der Waals surface area contributed by atoms with Gasteiger partial charge >= 0.3 is 6.09 Å². The van der Waals surface area contributed by atoms with E-state index in [0.29, 0.717) is 24.1 Å². The van der Waals surface area contributed by atoms with Crippen molar-refractivity contribution < 1.29 is 19.1 Å². The van der Waals surface area contributed by atoms with Gasteiger partial charge in [-0.05, 0) is 77.5 Å². The molecule has 1 aromatic carbocycles. The molecule has 3 saturated heterocycles. The summed E-state index contributed by atoms with van der Waals surface area (Å²) < 4.78 is 5.31. The lowest BCUT2D eigenvalue weighted by Crippen LogP contribution is -2.54. The number of benzene rings is 1. The maximum atomic E-state index is 13.0. The van der Waals surface area contributed by atoms with Gasteiger partial charge in [0.05, 0.1) is 29.8 Å². The van der Waals surface area contributed by atoms with Gasteiger partial charge in [0.1, 0.15) is 11.6 Å². The van der Waals surface area contributed by atoms with E-state index in [1.165, 1.54) is 0 Å². The van der Waals surface area contributed by atoms with Gasteiger partial charge in [-0.2, -0.15) is 10.5 Å². The van der Waals surface area contributed by atoms with E-state index in [2.05, 4.69) is 22.4 Å². The quantitative estimate of drug-likeness (QED) is 0.556. The number of carbonyl (C=O) groups is 3. The van der Waals surface area contributed by atoms with E-state index in [9.17, 15) is 14.4 Å². The molecular formula is C29H38N6O4. The summed E-state index contributed by atoms with van der Waals surface area (Å²) in [5.41, 5.74) is 1.12. The number of amides is 3. The molecule has 3 aliphatic heterocycles. The number of carbonyl (C=O) groups excluding carboxylic acids is 3. The molecule has 3 amide bonds. The summed E-state index contributed by atoms with van der Waals surface area (Å²) in [4.78, 5) is 41.2. The Labute approximate surface area is 230 Å². The molecule has 4 fully saturated rings. The van der Waals surface area contributed by atoms with Crippen LogP contribution in [0.25, 0.3) is 0 Å². The topological polar surface area (TPSA) is 130 Å². The summed E-state index contributed by atoms with van der Waals surface area (Å²) >= 11 is 0. The highest BCUT2D eigenvalue weighted by atomic mass is 16.6. The van der Waals surface area contributed by atoms with Crippen LogP contribution in [0.3, 0.4) is 0 Å². The first-order valence-electron chi connectivity index (χ1n) is 13.6. The number of piperazine rings is 1. The Morgan fingerprint density at radius 1 is 1.18 bits per heavy atom. The molecule has 1 saturated carbocycles. The Kier molecular flexibility index (Phi) is 8.17. The van der Waals surface area contributed by atoms with E-state index in [1.807, 2.05) is 51.7 Å². The first kappa shape index (κ1) is 28.4. The zero-order valence-corrected chi connectivity index (χ0v) is 23.3. The van der Waals surface area contributed by atoms with Crippen LogP contribution < -0.4 is 5.32 Å². The van der Waals surface area contributed by atoms with Gasteiger partial charge < -0.3 is 19.9 Å². The average Bonchev–Trinajstić information content (AvgIpc) is 3.21. The second-order valence-corrected chi connectivity index (χ2v) is 12.1. The van der Waals surface area contributed by atoms with Crippen LogP contribution in [0.15, 0.2) is 24.3 Å². The maximum absolute atomic E-state index is 13.0. The van der Waals surface area contributed by atoms with E-state index in [1.54, 1.807) is 17.0 Å². The molecule has 208 valence electrons.